The molecular weight excluding hydrogens is 246 g/mol. The fourth-order valence-electron chi connectivity index (χ4n) is 1.60. The summed E-state index contributed by atoms with van der Waals surface area (Å²) in [5.41, 5.74) is 0.344. The molecule has 0 spiro atoms. The second-order valence-corrected chi connectivity index (χ2v) is 5.31. The Kier molecular flexibility index (Phi) is 3.95. The van der Waals surface area contributed by atoms with Gasteiger partial charge in [0.2, 0.25) is 5.91 Å². The van der Waals surface area contributed by atoms with Crippen molar-refractivity contribution in [2.45, 2.75) is 26.4 Å². The maximum absolute atomic E-state index is 11.7. The van der Waals surface area contributed by atoms with E-state index in [1.165, 1.54) is 0 Å². The first-order valence-electron chi connectivity index (χ1n) is 6.27. The van der Waals surface area contributed by atoms with Gasteiger partial charge >= 0.3 is 0 Å². The largest absolute Gasteiger partial charge is 0.486 e. The van der Waals surface area contributed by atoms with Crippen LogP contribution in [-0.4, -0.2) is 31.3 Å². The molecule has 1 aromatic rings. The molecule has 1 aromatic carbocycles. The van der Waals surface area contributed by atoms with Gasteiger partial charge in [-0.25, -0.2) is 0 Å². The fraction of sp³-hybridized carbons (Fsp3) is 0.500. The molecule has 0 radical (unpaired) electrons. The monoisotopic (exact) mass is 265 g/mol. The second-order valence-electron chi connectivity index (χ2n) is 5.31. The van der Waals surface area contributed by atoms with Gasteiger partial charge in [-0.15, -0.1) is 0 Å². The lowest BCUT2D eigenvalue weighted by atomic mass is 10.2. The summed E-state index contributed by atoms with van der Waals surface area (Å²) in [5.74, 6) is 1.17. The normalized spacial score (nSPS) is 14.1. The van der Waals surface area contributed by atoms with Crippen molar-refractivity contribution < 1.29 is 19.0 Å². The van der Waals surface area contributed by atoms with E-state index in [1.807, 2.05) is 20.8 Å². The van der Waals surface area contributed by atoms with E-state index < -0.39 is 0 Å². The van der Waals surface area contributed by atoms with Gasteiger partial charge in [-0.3, -0.25) is 4.79 Å². The summed E-state index contributed by atoms with van der Waals surface area (Å²) >= 11 is 0. The number of fused-ring (bicyclic) bond motifs is 1. The third-order valence-corrected chi connectivity index (χ3v) is 2.46. The van der Waals surface area contributed by atoms with Crippen LogP contribution >= 0.6 is 0 Å². The van der Waals surface area contributed by atoms with Crippen LogP contribution in [0.25, 0.3) is 0 Å². The summed E-state index contributed by atoms with van der Waals surface area (Å²) in [6.45, 7) is 6.83. The number of hydrogen-bond donors (Lipinski definition) is 1. The molecule has 0 bridgehead atoms. The number of amides is 1. The summed E-state index contributed by atoms with van der Waals surface area (Å²) in [7, 11) is 0. The quantitative estimate of drug-likeness (QED) is 0.910. The van der Waals surface area contributed by atoms with Crippen molar-refractivity contribution in [1.82, 2.24) is 0 Å². The first-order valence-corrected chi connectivity index (χ1v) is 6.27. The highest BCUT2D eigenvalue weighted by atomic mass is 16.6. The summed E-state index contributed by atoms with van der Waals surface area (Å²) < 4.78 is 16.3. The molecule has 19 heavy (non-hydrogen) atoms. The molecule has 0 fully saturated rings. The standard InChI is InChI=1S/C14H19NO4/c1-14(2,3)19-9-13(16)15-10-4-5-11-12(8-10)18-7-6-17-11/h4-5,8H,6-7,9H2,1-3H3,(H,15,16). The first-order chi connectivity index (χ1) is 8.94. The summed E-state index contributed by atoms with van der Waals surface area (Å²) in [6, 6.07) is 5.32. The van der Waals surface area contributed by atoms with Gasteiger partial charge in [0.15, 0.2) is 11.5 Å². The minimum absolute atomic E-state index is 0.0257. The number of nitrogens with one attached hydrogen (secondary N) is 1. The fourth-order valence-corrected chi connectivity index (χ4v) is 1.60. The SMILES string of the molecule is CC(C)(C)OCC(=O)Nc1ccc2c(c1)OCCO2. The smallest absolute Gasteiger partial charge is 0.250 e. The van der Waals surface area contributed by atoms with Gasteiger partial charge in [-0.1, -0.05) is 0 Å². The zero-order chi connectivity index (χ0) is 13.9. The molecule has 2 rings (SSSR count). The van der Waals surface area contributed by atoms with Crippen molar-refractivity contribution in [3.8, 4) is 11.5 Å². The van der Waals surface area contributed by atoms with Gasteiger partial charge in [0.05, 0.1) is 5.60 Å². The number of anilines is 1. The van der Waals surface area contributed by atoms with Crippen LogP contribution in [0.1, 0.15) is 20.8 Å². The number of rotatable bonds is 3. The minimum Gasteiger partial charge on any atom is -0.486 e. The van der Waals surface area contributed by atoms with Crippen molar-refractivity contribution in [2.75, 3.05) is 25.1 Å². The minimum atomic E-state index is -0.329. The van der Waals surface area contributed by atoms with Crippen LogP contribution in [0.3, 0.4) is 0 Å². The van der Waals surface area contributed by atoms with Gasteiger partial charge in [0, 0.05) is 11.8 Å². The highest BCUT2D eigenvalue weighted by Gasteiger charge is 2.15. The Morgan fingerprint density at radius 1 is 1.26 bits per heavy atom. The van der Waals surface area contributed by atoms with Crippen LogP contribution in [0.5, 0.6) is 11.5 Å². The van der Waals surface area contributed by atoms with Crippen LogP contribution in [0.4, 0.5) is 5.69 Å². The van der Waals surface area contributed by atoms with Crippen LogP contribution < -0.4 is 14.8 Å². The zero-order valence-corrected chi connectivity index (χ0v) is 11.5. The van der Waals surface area contributed by atoms with E-state index in [-0.39, 0.29) is 18.1 Å². The van der Waals surface area contributed by atoms with Crippen LogP contribution in [0.2, 0.25) is 0 Å². The van der Waals surface area contributed by atoms with E-state index in [0.29, 0.717) is 30.4 Å². The predicted octanol–water partition coefficient (Wildman–Crippen LogP) is 2.21. The van der Waals surface area contributed by atoms with Gasteiger partial charge in [-0.2, -0.15) is 0 Å². The molecule has 1 N–H and O–H groups in total. The van der Waals surface area contributed by atoms with Gasteiger partial charge in [0.25, 0.3) is 0 Å². The van der Waals surface area contributed by atoms with E-state index in [1.54, 1.807) is 18.2 Å². The van der Waals surface area contributed by atoms with E-state index in [2.05, 4.69) is 5.32 Å². The van der Waals surface area contributed by atoms with Crippen LogP contribution in [0, 0.1) is 0 Å². The summed E-state index contributed by atoms with van der Waals surface area (Å²) in [5, 5.41) is 2.77. The molecule has 1 amide bonds. The Hall–Kier alpha value is -1.75. The molecule has 0 unspecified atom stereocenters. The van der Waals surface area contributed by atoms with Crippen LogP contribution in [0.15, 0.2) is 18.2 Å². The first kappa shape index (κ1) is 13.7. The van der Waals surface area contributed by atoms with Crippen molar-refractivity contribution in [1.29, 1.82) is 0 Å². The third-order valence-electron chi connectivity index (χ3n) is 2.46. The number of ether oxygens (including phenoxy) is 3. The van der Waals surface area contributed by atoms with Crippen molar-refractivity contribution in [3.05, 3.63) is 18.2 Å². The molecule has 0 aromatic heterocycles. The molecule has 0 aliphatic carbocycles. The summed E-state index contributed by atoms with van der Waals surface area (Å²) in [6.07, 6.45) is 0. The predicted molar refractivity (Wildman–Crippen MR) is 71.8 cm³/mol. The molecule has 1 heterocycles. The Bertz CT molecular complexity index is 465. The van der Waals surface area contributed by atoms with Gasteiger partial charge in [-0.05, 0) is 32.9 Å². The Morgan fingerprint density at radius 3 is 2.63 bits per heavy atom. The summed E-state index contributed by atoms with van der Waals surface area (Å²) in [4.78, 5) is 11.7. The Balaban J connectivity index is 1.94. The lowest BCUT2D eigenvalue weighted by molar-refractivity contribution is -0.125. The zero-order valence-electron chi connectivity index (χ0n) is 11.5. The number of benzene rings is 1. The number of carbonyl (C=O) groups excluding carboxylic acids is 1. The average Bonchev–Trinajstić information content (AvgIpc) is 2.35. The maximum Gasteiger partial charge on any atom is 0.250 e. The van der Waals surface area contributed by atoms with Crippen LogP contribution in [-0.2, 0) is 9.53 Å². The molecule has 5 nitrogen and oxygen atoms in total. The Labute approximate surface area is 112 Å². The molecule has 0 saturated heterocycles. The number of hydrogen-bond acceptors (Lipinski definition) is 4. The third kappa shape index (κ3) is 4.13. The van der Waals surface area contributed by atoms with Gasteiger partial charge < -0.3 is 19.5 Å². The highest BCUT2D eigenvalue weighted by Crippen LogP contribution is 2.32. The second kappa shape index (κ2) is 5.48. The van der Waals surface area contributed by atoms with Gasteiger partial charge in [0.1, 0.15) is 19.8 Å². The lowest BCUT2D eigenvalue weighted by Gasteiger charge is -2.20. The molecule has 0 atom stereocenters. The maximum atomic E-state index is 11.7. The molecular formula is C14H19NO4. The van der Waals surface area contributed by atoms with E-state index >= 15 is 0 Å². The topological polar surface area (TPSA) is 56.8 Å². The number of carbonyl (C=O) groups is 1. The van der Waals surface area contributed by atoms with E-state index in [4.69, 9.17) is 14.2 Å². The highest BCUT2D eigenvalue weighted by molar-refractivity contribution is 5.92. The molecule has 1 aliphatic rings. The van der Waals surface area contributed by atoms with Crippen molar-refractivity contribution in [2.24, 2.45) is 0 Å². The molecule has 1 aliphatic heterocycles. The van der Waals surface area contributed by atoms with E-state index in [9.17, 15) is 4.79 Å². The molecule has 0 saturated carbocycles. The Morgan fingerprint density at radius 2 is 1.95 bits per heavy atom. The molecule has 104 valence electrons. The lowest BCUT2D eigenvalue weighted by Crippen LogP contribution is -2.27. The average molecular weight is 265 g/mol. The van der Waals surface area contributed by atoms with Crippen molar-refractivity contribution in [3.63, 3.8) is 0 Å². The van der Waals surface area contributed by atoms with E-state index in [0.717, 1.165) is 0 Å². The molecule has 5 heteroatoms. The van der Waals surface area contributed by atoms with Crippen molar-refractivity contribution >= 4 is 11.6 Å².